The first-order valence-electron chi connectivity index (χ1n) is 4.07. The molecule has 0 spiro atoms. The fraction of sp³-hybridized carbons (Fsp3) is 0.0909. The fourth-order valence-electron chi connectivity index (χ4n) is 1.45. The Morgan fingerprint density at radius 1 is 1.00 bits per heavy atom. The number of hydrogen-bond donors (Lipinski definition) is 0. The zero-order valence-electron chi connectivity index (χ0n) is 6.96. The van der Waals surface area contributed by atoms with Crippen molar-refractivity contribution in [3.63, 3.8) is 0 Å². The van der Waals surface area contributed by atoms with Crippen molar-refractivity contribution in [3.05, 3.63) is 47.0 Å². The predicted molar refractivity (Wildman–Crippen MR) is 53.3 cm³/mol. The van der Waals surface area contributed by atoms with Gasteiger partial charge in [-0.25, -0.2) is 5.11 Å². The minimum Gasteiger partial charge on any atom is -0.232 e. The van der Waals surface area contributed by atoms with Crippen LogP contribution in [0.4, 0.5) is 0 Å². The Kier molecular flexibility index (Phi) is 2.21. The van der Waals surface area contributed by atoms with Crippen LogP contribution in [0.1, 0.15) is 5.56 Å². The van der Waals surface area contributed by atoms with Gasteiger partial charge in [0.1, 0.15) is 6.61 Å². The van der Waals surface area contributed by atoms with Crippen LogP contribution in [0.15, 0.2) is 36.4 Å². The standard InChI is InChI=1S/C11H8ClO/c12-11-6-5-8(7-13)9-3-1-2-4-10(9)11/h1-6H,7H2. The summed E-state index contributed by atoms with van der Waals surface area (Å²) in [5.74, 6) is 0. The van der Waals surface area contributed by atoms with E-state index in [2.05, 4.69) is 0 Å². The quantitative estimate of drug-likeness (QED) is 0.658. The minimum atomic E-state index is -0.197. The summed E-state index contributed by atoms with van der Waals surface area (Å²) in [6.07, 6.45) is 0. The highest BCUT2D eigenvalue weighted by Gasteiger charge is 2.02. The molecule has 0 saturated heterocycles. The summed E-state index contributed by atoms with van der Waals surface area (Å²) in [5.41, 5.74) is 0.806. The summed E-state index contributed by atoms with van der Waals surface area (Å²) in [7, 11) is 0. The van der Waals surface area contributed by atoms with Crippen LogP contribution in [0.2, 0.25) is 5.02 Å². The normalized spacial score (nSPS) is 10.6. The average Bonchev–Trinajstić information content (AvgIpc) is 2.19. The van der Waals surface area contributed by atoms with E-state index in [0.717, 1.165) is 16.3 Å². The van der Waals surface area contributed by atoms with Crippen LogP contribution < -0.4 is 0 Å². The van der Waals surface area contributed by atoms with Crippen LogP contribution in [0, 0.1) is 0 Å². The van der Waals surface area contributed by atoms with Gasteiger partial charge in [-0.1, -0.05) is 41.9 Å². The maximum Gasteiger partial charge on any atom is 0.108 e. The van der Waals surface area contributed by atoms with Crippen molar-refractivity contribution in [2.75, 3.05) is 0 Å². The molecule has 0 aliphatic carbocycles. The van der Waals surface area contributed by atoms with E-state index in [9.17, 15) is 5.11 Å². The second kappa shape index (κ2) is 3.36. The van der Waals surface area contributed by atoms with E-state index in [1.165, 1.54) is 0 Å². The number of hydrogen-bond acceptors (Lipinski definition) is 0. The molecule has 2 aromatic rings. The van der Waals surface area contributed by atoms with Crippen LogP contribution in [0.3, 0.4) is 0 Å². The second-order valence-electron chi connectivity index (χ2n) is 2.90. The minimum absolute atomic E-state index is 0.197. The Morgan fingerprint density at radius 3 is 2.38 bits per heavy atom. The maximum atomic E-state index is 10.8. The third-order valence-corrected chi connectivity index (χ3v) is 2.45. The monoisotopic (exact) mass is 191 g/mol. The zero-order chi connectivity index (χ0) is 9.26. The van der Waals surface area contributed by atoms with E-state index in [1.807, 2.05) is 24.3 Å². The molecule has 1 nitrogen and oxygen atoms in total. The Bertz CT molecular complexity index is 437. The van der Waals surface area contributed by atoms with Gasteiger partial charge in [-0.05, 0) is 17.0 Å². The third kappa shape index (κ3) is 1.41. The Balaban J connectivity index is 2.84. The van der Waals surface area contributed by atoms with Crippen molar-refractivity contribution in [2.45, 2.75) is 6.61 Å². The highest BCUT2D eigenvalue weighted by molar-refractivity contribution is 6.35. The van der Waals surface area contributed by atoms with Gasteiger partial charge in [-0.3, -0.25) is 0 Å². The van der Waals surface area contributed by atoms with E-state index in [4.69, 9.17) is 11.6 Å². The summed E-state index contributed by atoms with van der Waals surface area (Å²) in [6.45, 7) is -0.197. The highest BCUT2D eigenvalue weighted by atomic mass is 35.5. The molecule has 0 aliphatic heterocycles. The van der Waals surface area contributed by atoms with Crippen LogP contribution in [0.25, 0.3) is 10.8 Å². The lowest BCUT2D eigenvalue weighted by atomic mass is 10.1. The SMILES string of the molecule is [O]Cc1ccc(Cl)c2ccccc12. The van der Waals surface area contributed by atoms with Gasteiger partial charge in [-0.15, -0.1) is 0 Å². The molecule has 2 heteroatoms. The van der Waals surface area contributed by atoms with Gasteiger partial charge in [0.25, 0.3) is 0 Å². The number of benzene rings is 2. The van der Waals surface area contributed by atoms with Crippen LogP contribution in [-0.4, -0.2) is 0 Å². The number of halogens is 1. The Hall–Kier alpha value is -1.05. The molecule has 2 rings (SSSR count). The molecule has 1 radical (unpaired) electrons. The Morgan fingerprint density at radius 2 is 1.69 bits per heavy atom. The van der Waals surface area contributed by atoms with E-state index in [0.29, 0.717) is 5.02 Å². The maximum absolute atomic E-state index is 10.8. The van der Waals surface area contributed by atoms with E-state index in [-0.39, 0.29) is 6.61 Å². The summed E-state index contributed by atoms with van der Waals surface area (Å²) in [6, 6.07) is 11.3. The summed E-state index contributed by atoms with van der Waals surface area (Å²) in [5, 5.41) is 13.4. The van der Waals surface area contributed by atoms with Crippen LogP contribution >= 0.6 is 11.6 Å². The van der Waals surface area contributed by atoms with Crippen molar-refractivity contribution in [3.8, 4) is 0 Å². The van der Waals surface area contributed by atoms with Crippen molar-refractivity contribution >= 4 is 22.4 Å². The molecule has 13 heavy (non-hydrogen) atoms. The third-order valence-electron chi connectivity index (χ3n) is 2.12. The smallest absolute Gasteiger partial charge is 0.108 e. The van der Waals surface area contributed by atoms with Gasteiger partial charge >= 0.3 is 0 Å². The summed E-state index contributed by atoms with van der Waals surface area (Å²) < 4.78 is 0. The lowest BCUT2D eigenvalue weighted by Crippen LogP contribution is -1.84. The van der Waals surface area contributed by atoms with E-state index >= 15 is 0 Å². The van der Waals surface area contributed by atoms with Crippen LogP contribution in [0.5, 0.6) is 0 Å². The first-order chi connectivity index (χ1) is 6.33. The summed E-state index contributed by atoms with van der Waals surface area (Å²) >= 11 is 5.98. The molecule has 0 N–H and O–H groups in total. The van der Waals surface area contributed by atoms with Crippen LogP contribution in [-0.2, 0) is 11.7 Å². The first kappa shape index (κ1) is 8.54. The Labute approximate surface area is 81.6 Å². The molecular formula is C11H8ClO. The zero-order valence-corrected chi connectivity index (χ0v) is 7.71. The molecule has 2 aromatic carbocycles. The molecule has 0 saturated carbocycles. The molecule has 0 aliphatic rings. The average molecular weight is 192 g/mol. The number of rotatable bonds is 1. The lowest BCUT2D eigenvalue weighted by molar-refractivity contribution is 0.179. The molecule has 0 amide bonds. The number of fused-ring (bicyclic) bond motifs is 1. The molecule has 0 bridgehead atoms. The van der Waals surface area contributed by atoms with Crippen molar-refractivity contribution in [1.82, 2.24) is 0 Å². The molecule has 0 atom stereocenters. The van der Waals surface area contributed by atoms with Gasteiger partial charge < -0.3 is 0 Å². The summed E-state index contributed by atoms with van der Waals surface area (Å²) in [4.78, 5) is 0. The van der Waals surface area contributed by atoms with Crippen molar-refractivity contribution < 1.29 is 5.11 Å². The topological polar surface area (TPSA) is 19.9 Å². The van der Waals surface area contributed by atoms with Gasteiger partial charge in [0.2, 0.25) is 0 Å². The lowest BCUT2D eigenvalue weighted by Gasteiger charge is -2.03. The fourth-order valence-corrected chi connectivity index (χ4v) is 1.68. The van der Waals surface area contributed by atoms with Crippen molar-refractivity contribution in [1.29, 1.82) is 0 Å². The molecule has 0 aromatic heterocycles. The van der Waals surface area contributed by atoms with E-state index < -0.39 is 0 Å². The van der Waals surface area contributed by atoms with Gasteiger partial charge in [0.05, 0.1) is 0 Å². The van der Waals surface area contributed by atoms with Gasteiger partial charge in [0, 0.05) is 10.4 Å². The van der Waals surface area contributed by atoms with E-state index in [1.54, 1.807) is 12.1 Å². The highest BCUT2D eigenvalue weighted by Crippen LogP contribution is 2.26. The van der Waals surface area contributed by atoms with Gasteiger partial charge in [0.15, 0.2) is 0 Å². The molecule has 65 valence electrons. The van der Waals surface area contributed by atoms with Crippen molar-refractivity contribution in [2.24, 2.45) is 0 Å². The van der Waals surface area contributed by atoms with Gasteiger partial charge in [-0.2, -0.15) is 0 Å². The second-order valence-corrected chi connectivity index (χ2v) is 3.30. The molecular weight excluding hydrogens is 184 g/mol. The predicted octanol–water partition coefficient (Wildman–Crippen LogP) is 3.42. The largest absolute Gasteiger partial charge is 0.232 e. The molecule has 0 fully saturated rings. The first-order valence-corrected chi connectivity index (χ1v) is 4.45. The molecule has 0 heterocycles. The molecule has 0 unspecified atom stereocenters.